The van der Waals surface area contributed by atoms with Crippen LogP contribution in [0, 0.1) is 15.9 Å². The molecule has 116 valence electrons. The second kappa shape index (κ2) is 7.56. The van der Waals surface area contributed by atoms with Gasteiger partial charge in [0.15, 0.2) is 5.82 Å². The van der Waals surface area contributed by atoms with E-state index in [9.17, 15) is 19.3 Å². The van der Waals surface area contributed by atoms with Crippen molar-refractivity contribution in [1.29, 1.82) is 0 Å². The summed E-state index contributed by atoms with van der Waals surface area (Å²) in [4.78, 5) is 24.0. The molecule has 0 fully saturated rings. The van der Waals surface area contributed by atoms with Gasteiger partial charge in [-0.05, 0) is 18.9 Å². The Balaban J connectivity index is 3.25. The first-order valence-electron chi connectivity index (χ1n) is 6.89. The number of rotatable bonds is 7. The van der Waals surface area contributed by atoms with Crippen molar-refractivity contribution >= 4 is 17.3 Å². The summed E-state index contributed by atoms with van der Waals surface area (Å²) in [6.45, 7) is 4.81. The lowest BCUT2D eigenvalue weighted by molar-refractivity contribution is -0.385. The van der Waals surface area contributed by atoms with Crippen LogP contribution in [0.5, 0.6) is 0 Å². The molecule has 0 heterocycles. The molecule has 0 spiro atoms. The number of amides is 1. The number of hydrogen-bond acceptors (Lipinski definition) is 4. The van der Waals surface area contributed by atoms with Crippen molar-refractivity contribution < 1.29 is 14.1 Å². The molecule has 0 aliphatic heterocycles. The largest absolute Gasteiger partial charge is 0.383 e. The van der Waals surface area contributed by atoms with Crippen LogP contribution in [0.2, 0.25) is 0 Å². The third-order valence-corrected chi connectivity index (χ3v) is 2.98. The minimum absolute atomic E-state index is 0.101. The molecule has 7 heteroatoms. The Bertz CT molecular complexity index is 534. The van der Waals surface area contributed by atoms with Gasteiger partial charge in [-0.15, -0.1) is 0 Å². The highest BCUT2D eigenvalue weighted by Crippen LogP contribution is 2.27. The molecule has 0 bridgehead atoms. The highest BCUT2D eigenvalue weighted by molar-refractivity contribution is 5.99. The lowest BCUT2D eigenvalue weighted by Gasteiger charge is -2.17. The summed E-state index contributed by atoms with van der Waals surface area (Å²) in [5.74, 6) is -1.21. The Morgan fingerprint density at radius 3 is 2.57 bits per heavy atom. The monoisotopic (exact) mass is 297 g/mol. The number of nitrogens with zero attached hydrogens (tertiary/aromatic N) is 2. The van der Waals surface area contributed by atoms with Crippen LogP contribution in [-0.4, -0.2) is 35.9 Å². The number of benzene rings is 1. The number of halogens is 1. The number of carbonyl (C=O) groups is 1. The summed E-state index contributed by atoms with van der Waals surface area (Å²) >= 11 is 0. The van der Waals surface area contributed by atoms with E-state index in [1.165, 1.54) is 11.0 Å². The molecule has 0 radical (unpaired) electrons. The van der Waals surface area contributed by atoms with Gasteiger partial charge in [-0.2, -0.15) is 0 Å². The van der Waals surface area contributed by atoms with E-state index in [-0.39, 0.29) is 11.3 Å². The standard InChI is InChI=1S/C14H20FN3O3/c1-4-6-16-12-8-10(14(19)17(3)7-5-2)13(18(20)21)9-11(12)15/h8-9,16H,4-7H2,1-3H3. The lowest BCUT2D eigenvalue weighted by atomic mass is 10.1. The average Bonchev–Trinajstić information content (AvgIpc) is 2.45. The molecule has 0 saturated heterocycles. The van der Waals surface area contributed by atoms with Gasteiger partial charge >= 0.3 is 0 Å². The van der Waals surface area contributed by atoms with E-state index in [0.717, 1.165) is 18.9 Å². The van der Waals surface area contributed by atoms with E-state index in [1.54, 1.807) is 7.05 Å². The van der Waals surface area contributed by atoms with Crippen molar-refractivity contribution in [2.45, 2.75) is 26.7 Å². The predicted molar refractivity (Wildman–Crippen MR) is 79.1 cm³/mol. The maximum absolute atomic E-state index is 13.8. The minimum atomic E-state index is -0.736. The van der Waals surface area contributed by atoms with Gasteiger partial charge in [0.2, 0.25) is 0 Å². The first-order chi connectivity index (χ1) is 9.92. The summed E-state index contributed by atoms with van der Waals surface area (Å²) in [5, 5.41) is 13.9. The molecule has 0 atom stereocenters. The van der Waals surface area contributed by atoms with E-state index < -0.39 is 22.3 Å². The summed E-state index contributed by atoms with van der Waals surface area (Å²) in [6.07, 6.45) is 1.51. The molecule has 1 aromatic rings. The van der Waals surface area contributed by atoms with E-state index in [4.69, 9.17) is 0 Å². The second-order valence-corrected chi connectivity index (χ2v) is 4.76. The van der Waals surface area contributed by atoms with Crippen LogP contribution in [0.15, 0.2) is 12.1 Å². The van der Waals surface area contributed by atoms with Gasteiger partial charge in [-0.1, -0.05) is 13.8 Å². The number of nitrogens with one attached hydrogen (secondary N) is 1. The maximum atomic E-state index is 13.8. The predicted octanol–water partition coefficient (Wildman–Crippen LogP) is 3.04. The van der Waals surface area contributed by atoms with E-state index in [1.807, 2.05) is 13.8 Å². The van der Waals surface area contributed by atoms with Gasteiger partial charge in [0.1, 0.15) is 5.56 Å². The fourth-order valence-electron chi connectivity index (χ4n) is 1.92. The minimum Gasteiger partial charge on any atom is -0.383 e. The zero-order valence-electron chi connectivity index (χ0n) is 12.5. The molecule has 1 amide bonds. The molecule has 6 nitrogen and oxygen atoms in total. The maximum Gasteiger partial charge on any atom is 0.285 e. The third-order valence-electron chi connectivity index (χ3n) is 2.98. The smallest absolute Gasteiger partial charge is 0.285 e. The van der Waals surface area contributed by atoms with Gasteiger partial charge in [0.05, 0.1) is 16.7 Å². The molecule has 0 saturated carbocycles. The van der Waals surface area contributed by atoms with E-state index in [0.29, 0.717) is 13.1 Å². The van der Waals surface area contributed by atoms with Crippen molar-refractivity contribution in [2.24, 2.45) is 0 Å². The molecule has 1 rings (SSSR count). The average molecular weight is 297 g/mol. The van der Waals surface area contributed by atoms with Crippen LogP contribution in [0.4, 0.5) is 15.8 Å². The first kappa shape index (κ1) is 16.9. The summed E-state index contributed by atoms with van der Waals surface area (Å²) in [7, 11) is 1.57. The van der Waals surface area contributed by atoms with Crippen molar-refractivity contribution in [3.63, 3.8) is 0 Å². The molecule has 0 aliphatic carbocycles. The Labute approximate surface area is 123 Å². The number of carbonyl (C=O) groups excluding carboxylic acids is 1. The van der Waals surface area contributed by atoms with E-state index in [2.05, 4.69) is 5.32 Å². The van der Waals surface area contributed by atoms with Crippen LogP contribution < -0.4 is 5.32 Å². The van der Waals surface area contributed by atoms with E-state index >= 15 is 0 Å². The quantitative estimate of drug-likeness (QED) is 0.620. The molecule has 1 aromatic carbocycles. The van der Waals surface area contributed by atoms with Crippen molar-refractivity contribution in [3.8, 4) is 0 Å². The molecule has 0 unspecified atom stereocenters. The third kappa shape index (κ3) is 4.14. The molecule has 1 N–H and O–H groups in total. The second-order valence-electron chi connectivity index (χ2n) is 4.76. The van der Waals surface area contributed by atoms with Crippen LogP contribution in [0.1, 0.15) is 37.0 Å². The zero-order valence-corrected chi connectivity index (χ0v) is 12.5. The molecule has 0 aromatic heterocycles. The normalized spacial score (nSPS) is 10.3. The molecular formula is C14H20FN3O3. The highest BCUT2D eigenvalue weighted by atomic mass is 19.1. The number of nitro groups is 1. The van der Waals surface area contributed by atoms with Gasteiger partial charge in [-0.25, -0.2) is 4.39 Å². The lowest BCUT2D eigenvalue weighted by Crippen LogP contribution is -2.28. The van der Waals surface area contributed by atoms with Gasteiger partial charge in [0.25, 0.3) is 11.6 Å². The Morgan fingerprint density at radius 2 is 2.05 bits per heavy atom. The summed E-state index contributed by atoms with van der Waals surface area (Å²) < 4.78 is 13.8. The molecule has 21 heavy (non-hydrogen) atoms. The molecule has 0 aliphatic rings. The number of hydrogen-bond donors (Lipinski definition) is 1. The summed E-state index contributed by atoms with van der Waals surface area (Å²) in [6, 6.07) is 2.02. The SMILES string of the molecule is CCCNc1cc(C(=O)N(C)CCC)c([N+](=O)[O-])cc1F. The Morgan fingerprint density at radius 1 is 1.38 bits per heavy atom. The summed E-state index contributed by atoms with van der Waals surface area (Å²) in [5.41, 5.74) is -0.505. The van der Waals surface area contributed by atoms with Gasteiger partial charge in [0, 0.05) is 20.1 Å². The van der Waals surface area contributed by atoms with Crippen molar-refractivity contribution in [3.05, 3.63) is 33.6 Å². The topological polar surface area (TPSA) is 75.5 Å². The fourth-order valence-corrected chi connectivity index (χ4v) is 1.92. The van der Waals surface area contributed by atoms with Crippen molar-refractivity contribution in [2.75, 3.05) is 25.5 Å². The zero-order chi connectivity index (χ0) is 16.0. The van der Waals surface area contributed by atoms with Gasteiger partial charge in [-0.3, -0.25) is 14.9 Å². The number of anilines is 1. The van der Waals surface area contributed by atoms with Crippen LogP contribution in [0.25, 0.3) is 0 Å². The fraction of sp³-hybridized carbons (Fsp3) is 0.500. The van der Waals surface area contributed by atoms with Crippen LogP contribution in [0.3, 0.4) is 0 Å². The Kier molecular flexibility index (Phi) is 6.08. The number of nitro benzene ring substituents is 1. The van der Waals surface area contributed by atoms with Crippen molar-refractivity contribution in [1.82, 2.24) is 4.90 Å². The Hall–Kier alpha value is -2.18. The highest BCUT2D eigenvalue weighted by Gasteiger charge is 2.25. The van der Waals surface area contributed by atoms with Crippen LogP contribution >= 0.6 is 0 Å². The first-order valence-corrected chi connectivity index (χ1v) is 6.89. The van der Waals surface area contributed by atoms with Gasteiger partial charge < -0.3 is 10.2 Å². The molecular weight excluding hydrogens is 277 g/mol. The van der Waals surface area contributed by atoms with Crippen LogP contribution in [-0.2, 0) is 0 Å².